The molecule has 0 radical (unpaired) electrons. The number of hydrogen-bond acceptors (Lipinski definition) is 5. The van der Waals surface area contributed by atoms with Crippen molar-refractivity contribution in [2.75, 3.05) is 39.9 Å². The molecule has 0 bridgehead atoms. The molecule has 1 aliphatic heterocycles. The van der Waals surface area contributed by atoms with E-state index in [1.165, 1.54) is 0 Å². The SMILES string of the molecule is COc1ccc(COCC(=O)N2CCN([C@H]3CCC[C@@H]3O)CC2)cc1. The van der Waals surface area contributed by atoms with E-state index in [9.17, 15) is 9.90 Å². The van der Waals surface area contributed by atoms with Crippen LogP contribution in [-0.4, -0.2) is 72.9 Å². The molecule has 1 aromatic rings. The Bertz CT molecular complexity index is 555. The number of nitrogens with zero attached hydrogens (tertiary/aromatic N) is 2. The number of piperazine rings is 1. The van der Waals surface area contributed by atoms with E-state index in [-0.39, 0.29) is 24.7 Å². The Morgan fingerprint density at radius 3 is 2.48 bits per heavy atom. The average molecular weight is 348 g/mol. The van der Waals surface area contributed by atoms with Gasteiger partial charge in [-0.15, -0.1) is 0 Å². The topological polar surface area (TPSA) is 62.2 Å². The summed E-state index contributed by atoms with van der Waals surface area (Å²) in [4.78, 5) is 16.5. The number of aliphatic hydroxyl groups excluding tert-OH is 1. The number of amides is 1. The van der Waals surface area contributed by atoms with Gasteiger partial charge in [-0.3, -0.25) is 9.69 Å². The molecule has 2 aliphatic rings. The van der Waals surface area contributed by atoms with Crippen molar-refractivity contribution in [3.63, 3.8) is 0 Å². The van der Waals surface area contributed by atoms with E-state index in [1.807, 2.05) is 29.2 Å². The van der Waals surface area contributed by atoms with Gasteiger partial charge in [-0.1, -0.05) is 12.1 Å². The van der Waals surface area contributed by atoms with Crippen molar-refractivity contribution < 1.29 is 19.4 Å². The number of hydrogen-bond donors (Lipinski definition) is 1. The van der Waals surface area contributed by atoms with Gasteiger partial charge in [0.05, 0.1) is 19.8 Å². The second-order valence-electron chi connectivity index (χ2n) is 6.82. The fraction of sp³-hybridized carbons (Fsp3) is 0.632. The van der Waals surface area contributed by atoms with Crippen molar-refractivity contribution in [2.24, 2.45) is 0 Å². The molecule has 1 saturated heterocycles. The average Bonchev–Trinajstić information content (AvgIpc) is 3.08. The molecule has 1 aliphatic carbocycles. The molecule has 1 aromatic carbocycles. The molecular weight excluding hydrogens is 320 g/mol. The van der Waals surface area contributed by atoms with E-state index in [1.54, 1.807) is 7.11 Å². The Morgan fingerprint density at radius 1 is 1.16 bits per heavy atom. The number of ether oxygens (including phenoxy) is 2. The molecule has 3 rings (SSSR count). The van der Waals surface area contributed by atoms with E-state index < -0.39 is 0 Å². The zero-order valence-electron chi connectivity index (χ0n) is 14.9. The van der Waals surface area contributed by atoms with Gasteiger partial charge in [0, 0.05) is 32.2 Å². The molecule has 6 heteroatoms. The van der Waals surface area contributed by atoms with Crippen LogP contribution in [0.3, 0.4) is 0 Å². The van der Waals surface area contributed by atoms with Crippen molar-refractivity contribution in [1.29, 1.82) is 0 Å². The molecule has 0 unspecified atom stereocenters. The summed E-state index contributed by atoms with van der Waals surface area (Å²) in [6, 6.07) is 7.93. The summed E-state index contributed by atoms with van der Waals surface area (Å²) in [5.74, 6) is 0.852. The predicted molar refractivity (Wildman–Crippen MR) is 94.4 cm³/mol. The van der Waals surface area contributed by atoms with Crippen molar-refractivity contribution in [2.45, 2.75) is 38.0 Å². The third-order valence-electron chi connectivity index (χ3n) is 5.23. The normalized spacial score (nSPS) is 24.5. The summed E-state index contributed by atoms with van der Waals surface area (Å²) < 4.78 is 10.7. The molecule has 25 heavy (non-hydrogen) atoms. The highest BCUT2D eigenvalue weighted by molar-refractivity contribution is 5.77. The van der Waals surface area contributed by atoms with Crippen molar-refractivity contribution in [3.05, 3.63) is 29.8 Å². The van der Waals surface area contributed by atoms with Crippen LogP contribution in [0.2, 0.25) is 0 Å². The minimum atomic E-state index is -0.199. The summed E-state index contributed by atoms with van der Waals surface area (Å²) in [5.41, 5.74) is 1.02. The number of aliphatic hydroxyl groups is 1. The molecule has 1 N–H and O–H groups in total. The lowest BCUT2D eigenvalue weighted by Crippen LogP contribution is -2.54. The Labute approximate surface area is 149 Å². The summed E-state index contributed by atoms with van der Waals surface area (Å²) in [5, 5.41) is 10.0. The Morgan fingerprint density at radius 2 is 1.88 bits per heavy atom. The van der Waals surface area contributed by atoms with Gasteiger partial charge in [-0.05, 0) is 37.0 Å². The van der Waals surface area contributed by atoms with Crippen molar-refractivity contribution in [1.82, 2.24) is 9.80 Å². The first-order valence-electron chi connectivity index (χ1n) is 9.08. The molecule has 2 atom stereocenters. The van der Waals surface area contributed by atoms with E-state index in [0.717, 1.165) is 43.7 Å². The van der Waals surface area contributed by atoms with Crippen molar-refractivity contribution >= 4 is 5.91 Å². The number of methoxy groups -OCH3 is 1. The summed E-state index contributed by atoms with van der Waals surface area (Å²) >= 11 is 0. The second-order valence-corrected chi connectivity index (χ2v) is 6.82. The lowest BCUT2D eigenvalue weighted by molar-refractivity contribution is -0.138. The molecule has 1 heterocycles. The number of carbonyl (C=O) groups excluding carboxylic acids is 1. The van der Waals surface area contributed by atoms with Crippen LogP contribution in [0.1, 0.15) is 24.8 Å². The van der Waals surface area contributed by atoms with Crippen molar-refractivity contribution in [3.8, 4) is 5.75 Å². The molecule has 1 amide bonds. The van der Waals surface area contributed by atoms with Gasteiger partial charge >= 0.3 is 0 Å². The third-order valence-corrected chi connectivity index (χ3v) is 5.23. The first-order valence-corrected chi connectivity index (χ1v) is 9.08. The highest BCUT2D eigenvalue weighted by Crippen LogP contribution is 2.25. The van der Waals surface area contributed by atoms with Gasteiger partial charge in [-0.25, -0.2) is 0 Å². The number of carbonyl (C=O) groups is 1. The largest absolute Gasteiger partial charge is 0.497 e. The Balaban J connectivity index is 1.37. The zero-order valence-corrected chi connectivity index (χ0v) is 14.9. The van der Waals surface area contributed by atoms with E-state index in [4.69, 9.17) is 9.47 Å². The van der Waals surface area contributed by atoms with Crippen LogP contribution < -0.4 is 4.74 Å². The van der Waals surface area contributed by atoms with Gasteiger partial charge in [0.2, 0.25) is 5.91 Å². The predicted octanol–water partition coefficient (Wildman–Crippen LogP) is 1.27. The van der Waals surface area contributed by atoms with Crippen LogP contribution in [-0.2, 0) is 16.1 Å². The highest BCUT2D eigenvalue weighted by atomic mass is 16.5. The maximum atomic E-state index is 12.3. The standard InChI is InChI=1S/C19H28N2O4/c1-24-16-7-5-15(6-8-16)13-25-14-19(23)21-11-9-20(10-12-21)17-3-2-4-18(17)22/h5-8,17-18,22H,2-4,9-14H2,1H3/t17-,18-/m0/s1. The van der Waals surface area contributed by atoms with Gasteiger partial charge < -0.3 is 19.5 Å². The number of rotatable bonds is 6. The second kappa shape index (κ2) is 8.65. The maximum absolute atomic E-state index is 12.3. The minimum absolute atomic E-state index is 0.0418. The minimum Gasteiger partial charge on any atom is -0.497 e. The van der Waals surface area contributed by atoms with Crippen LogP contribution in [0.4, 0.5) is 0 Å². The van der Waals surface area contributed by atoms with Gasteiger partial charge in [0.1, 0.15) is 12.4 Å². The first-order chi connectivity index (χ1) is 12.2. The summed E-state index contributed by atoms with van der Waals surface area (Å²) in [6.07, 6.45) is 2.88. The van der Waals surface area contributed by atoms with Gasteiger partial charge in [0.25, 0.3) is 0 Å². The summed E-state index contributed by atoms with van der Waals surface area (Å²) in [6.45, 7) is 3.64. The molecule has 0 spiro atoms. The number of benzene rings is 1. The van der Waals surface area contributed by atoms with Crippen LogP contribution in [0.15, 0.2) is 24.3 Å². The lowest BCUT2D eigenvalue weighted by atomic mass is 10.1. The van der Waals surface area contributed by atoms with E-state index in [2.05, 4.69) is 4.90 Å². The monoisotopic (exact) mass is 348 g/mol. The Kier molecular flexibility index (Phi) is 6.29. The smallest absolute Gasteiger partial charge is 0.248 e. The van der Waals surface area contributed by atoms with Crippen LogP contribution in [0.5, 0.6) is 5.75 Å². The van der Waals surface area contributed by atoms with Crippen LogP contribution >= 0.6 is 0 Å². The molecule has 138 valence electrons. The van der Waals surface area contributed by atoms with E-state index >= 15 is 0 Å². The fourth-order valence-corrected chi connectivity index (χ4v) is 3.72. The van der Waals surface area contributed by atoms with Gasteiger partial charge in [-0.2, -0.15) is 0 Å². The maximum Gasteiger partial charge on any atom is 0.248 e. The summed E-state index contributed by atoms with van der Waals surface area (Å²) in [7, 11) is 1.64. The third kappa shape index (κ3) is 4.71. The molecule has 1 saturated carbocycles. The molecule has 0 aromatic heterocycles. The fourth-order valence-electron chi connectivity index (χ4n) is 3.72. The molecular formula is C19H28N2O4. The first kappa shape index (κ1) is 18.2. The molecule has 2 fully saturated rings. The van der Waals surface area contributed by atoms with Crippen LogP contribution in [0, 0.1) is 0 Å². The van der Waals surface area contributed by atoms with Crippen LogP contribution in [0.25, 0.3) is 0 Å². The zero-order chi connectivity index (χ0) is 17.6. The molecule has 6 nitrogen and oxygen atoms in total. The van der Waals surface area contributed by atoms with E-state index in [0.29, 0.717) is 19.7 Å². The Hall–Kier alpha value is -1.63. The lowest BCUT2D eigenvalue weighted by Gasteiger charge is -2.39. The van der Waals surface area contributed by atoms with Gasteiger partial charge in [0.15, 0.2) is 0 Å². The highest BCUT2D eigenvalue weighted by Gasteiger charge is 2.33. The quantitative estimate of drug-likeness (QED) is 0.839.